The fourth-order valence-electron chi connectivity index (χ4n) is 5.93. The quantitative estimate of drug-likeness (QED) is 0.162. The fourth-order valence-corrected chi connectivity index (χ4v) is 7.93. The van der Waals surface area contributed by atoms with Gasteiger partial charge in [-0.2, -0.15) is 0 Å². The van der Waals surface area contributed by atoms with Gasteiger partial charge in [-0.1, -0.05) is 113 Å². The number of rotatable bonds is 12. The second kappa shape index (κ2) is 16.0. The number of anilines is 1. The van der Waals surface area contributed by atoms with Crippen molar-refractivity contribution >= 4 is 55.1 Å². The summed E-state index contributed by atoms with van der Waals surface area (Å²) in [7, 11) is -4.18. The van der Waals surface area contributed by atoms with Crippen LogP contribution in [-0.4, -0.2) is 43.8 Å². The third kappa shape index (κ3) is 9.24. The molecular weight excluding hydrogens is 698 g/mol. The van der Waals surface area contributed by atoms with Gasteiger partial charge in [-0.25, -0.2) is 8.42 Å². The molecule has 7 nitrogen and oxygen atoms in total. The van der Waals surface area contributed by atoms with Crippen LogP contribution < -0.4 is 9.62 Å². The molecule has 5 rings (SSSR count). The standard InChI is InChI=1S/C37H39BrClN3O4S/c1-27-18-20-34(21-19-27)47(45,46)42(33-17-9-13-30(38)24-33)26-36(43)41(25-29-12-8-14-31(39)22-29)35(23-28-10-4-2-5-11-28)37(44)40-32-15-6-3-7-16-32/h2,4-5,8-14,17-22,24,32,35H,3,6-7,15-16,23,25-26H2,1H3,(H,40,44). The normalized spacial score (nSPS) is 14.3. The van der Waals surface area contributed by atoms with Crippen LogP contribution in [-0.2, 0) is 32.6 Å². The van der Waals surface area contributed by atoms with E-state index in [0.717, 1.165) is 53.1 Å². The van der Waals surface area contributed by atoms with Crippen molar-refractivity contribution in [2.24, 2.45) is 0 Å². The van der Waals surface area contributed by atoms with Crippen LogP contribution in [0.3, 0.4) is 0 Å². The van der Waals surface area contributed by atoms with Crippen LogP contribution in [0, 0.1) is 6.92 Å². The van der Waals surface area contributed by atoms with E-state index in [2.05, 4.69) is 21.2 Å². The topological polar surface area (TPSA) is 86.8 Å². The third-order valence-corrected chi connectivity index (χ3v) is 11.0. The van der Waals surface area contributed by atoms with Crippen molar-refractivity contribution < 1.29 is 18.0 Å². The van der Waals surface area contributed by atoms with Crippen LogP contribution in [0.25, 0.3) is 0 Å². The second-order valence-corrected chi connectivity index (χ2v) is 15.2. The van der Waals surface area contributed by atoms with Crippen LogP contribution in [0.1, 0.15) is 48.8 Å². The molecule has 1 aliphatic rings. The van der Waals surface area contributed by atoms with Crippen molar-refractivity contribution in [2.45, 2.75) is 69.0 Å². The average Bonchev–Trinajstić information content (AvgIpc) is 3.06. The molecule has 1 N–H and O–H groups in total. The molecule has 47 heavy (non-hydrogen) atoms. The van der Waals surface area contributed by atoms with Crippen LogP contribution in [0.2, 0.25) is 5.02 Å². The number of carbonyl (C=O) groups is 2. The monoisotopic (exact) mass is 735 g/mol. The first-order valence-corrected chi connectivity index (χ1v) is 18.4. The lowest BCUT2D eigenvalue weighted by Crippen LogP contribution is -2.55. The van der Waals surface area contributed by atoms with Gasteiger partial charge in [0.1, 0.15) is 12.6 Å². The van der Waals surface area contributed by atoms with Crippen molar-refractivity contribution in [2.75, 3.05) is 10.8 Å². The van der Waals surface area contributed by atoms with Gasteiger partial charge in [0.15, 0.2) is 0 Å². The molecule has 246 valence electrons. The Morgan fingerprint density at radius 1 is 0.872 bits per heavy atom. The zero-order valence-electron chi connectivity index (χ0n) is 26.3. The highest BCUT2D eigenvalue weighted by molar-refractivity contribution is 9.10. The highest BCUT2D eigenvalue weighted by Crippen LogP contribution is 2.28. The molecule has 1 saturated carbocycles. The maximum absolute atomic E-state index is 14.7. The molecule has 4 aromatic rings. The Hall–Kier alpha value is -3.66. The first-order chi connectivity index (χ1) is 22.6. The second-order valence-electron chi connectivity index (χ2n) is 12.0. The number of aryl methyl sites for hydroxylation is 1. The Kier molecular flexibility index (Phi) is 11.8. The Labute approximate surface area is 291 Å². The highest BCUT2D eigenvalue weighted by Gasteiger charge is 2.35. The molecule has 0 aliphatic heterocycles. The summed E-state index contributed by atoms with van der Waals surface area (Å²) in [5, 5.41) is 3.73. The van der Waals surface area contributed by atoms with Crippen LogP contribution in [0.15, 0.2) is 112 Å². The average molecular weight is 737 g/mol. The molecule has 2 amide bonds. The van der Waals surface area contributed by atoms with E-state index in [1.165, 1.54) is 4.90 Å². The molecule has 10 heteroatoms. The molecule has 0 spiro atoms. The number of sulfonamides is 1. The van der Waals surface area contributed by atoms with E-state index in [1.807, 2.05) is 43.3 Å². The van der Waals surface area contributed by atoms with Gasteiger partial charge in [0.25, 0.3) is 10.0 Å². The van der Waals surface area contributed by atoms with Crippen LogP contribution in [0.5, 0.6) is 0 Å². The first kappa shape index (κ1) is 34.7. The molecule has 0 heterocycles. The lowest BCUT2D eigenvalue weighted by Gasteiger charge is -2.35. The van der Waals surface area contributed by atoms with Gasteiger partial charge in [-0.15, -0.1) is 0 Å². The number of nitrogens with zero attached hydrogens (tertiary/aromatic N) is 2. The van der Waals surface area contributed by atoms with Crippen molar-refractivity contribution in [3.05, 3.63) is 129 Å². The van der Waals surface area contributed by atoms with Crippen molar-refractivity contribution in [1.29, 1.82) is 0 Å². The Morgan fingerprint density at radius 2 is 1.55 bits per heavy atom. The van der Waals surface area contributed by atoms with Crippen molar-refractivity contribution in [3.8, 4) is 0 Å². The number of carbonyl (C=O) groups excluding carboxylic acids is 2. The summed E-state index contributed by atoms with van der Waals surface area (Å²) in [5.74, 6) is -0.771. The predicted octanol–water partition coefficient (Wildman–Crippen LogP) is 7.70. The number of nitrogens with one attached hydrogen (secondary N) is 1. The summed E-state index contributed by atoms with van der Waals surface area (Å²) in [5.41, 5.74) is 2.85. The molecule has 1 fully saturated rings. The van der Waals surface area contributed by atoms with E-state index in [-0.39, 0.29) is 29.8 Å². The minimum Gasteiger partial charge on any atom is -0.352 e. The SMILES string of the molecule is Cc1ccc(S(=O)(=O)N(CC(=O)N(Cc2cccc(Cl)c2)C(Cc2ccccc2)C(=O)NC2CCCCC2)c2cccc(Br)c2)cc1. The minimum absolute atomic E-state index is 0.0257. The molecule has 4 aromatic carbocycles. The van der Waals surface area contributed by atoms with Gasteiger partial charge >= 0.3 is 0 Å². The maximum Gasteiger partial charge on any atom is 0.264 e. The van der Waals surface area contributed by atoms with E-state index in [4.69, 9.17) is 11.6 Å². The van der Waals surface area contributed by atoms with E-state index in [1.54, 1.807) is 66.7 Å². The molecule has 1 atom stereocenters. The zero-order valence-corrected chi connectivity index (χ0v) is 29.5. The summed E-state index contributed by atoms with van der Waals surface area (Å²) in [4.78, 5) is 30.4. The van der Waals surface area contributed by atoms with E-state index in [0.29, 0.717) is 15.2 Å². The number of hydrogen-bond acceptors (Lipinski definition) is 4. The number of benzene rings is 4. The lowest BCUT2D eigenvalue weighted by atomic mass is 9.94. The van der Waals surface area contributed by atoms with Crippen molar-refractivity contribution in [3.63, 3.8) is 0 Å². The number of halogens is 2. The first-order valence-electron chi connectivity index (χ1n) is 15.8. The summed E-state index contributed by atoms with van der Waals surface area (Å²) in [6.45, 7) is 1.42. The van der Waals surface area contributed by atoms with Crippen LogP contribution in [0.4, 0.5) is 5.69 Å². The fraction of sp³-hybridized carbons (Fsp3) is 0.297. The number of hydrogen-bond donors (Lipinski definition) is 1. The van der Waals surface area contributed by atoms with Gasteiger partial charge in [0.05, 0.1) is 10.6 Å². The highest BCUT2D eigenvalue weighted by atomic mass is 79.9. The van der Waals surface area contributed by atoms with Gasteiger partial charge in [-0.3, -0.25) is 13.9 Å². The molecule has 0 bridgehead atoms. The molecular formula is C37H39BrClN3O4S. The van der Waals surface area contributed by atoms with E-state index >= 15 is 0 Å². The Bertz CT molecular complexity index is 1780. The molecule has 0 aromatic heterocycles. The summed E-state index contributed by atoms with van der Waals surface area (Å²) < 4.78 is 30.2. The van der Waals surface area contributed by atoms with Gasteiger partial charge in [0.2, 0.25) is 11.8 Å². The van der Waals surface area contributed by atoms with Gasteiger partial charge < -0.3 is 10.2 Å². The smallest absolute Gasteiger partial charge is 0.264 e. The predicted molar refractivity (Wildman–Crippen MR) is 191 cm³/mol. The van der Waals surface area contributed by atoms with E-state index < -0.39 is 28.5 Å². The summed E-state index contributed by atoms with van der Waals surface area (Å²) >= 11 is 9.81. The molecule has 0 radical (unpaired) electrons. The third-order valence-electron chi connectivity index (χ3n) is 8.45. The Morgan fingerprint density at radius 3 is 2.23 bits per heavy atom. The summed E-state index contributed by atoms with van der Waals surface area (Å²) in [6.07, 6.45) is 5.25. The van der Waals surface area contributed by atoms with E-state index in [9.17, 15) is 18.0 Å². The Balaban J connectivity index is 1.56. The van der Waals surface area contributed by atoms with Crippen LogP contribution >= 0.6 is 27.5 Å². The number of amides is 2. The molecule has 0 saturated heterocycles. The van der Waals surface area contributed by atoms with Crippen molar-refractivity contribution in [1.82, 2.24) is 10.2 Å². The molecule has 1 aliphatic carbocycles. The minimum atomic E-state index is -4.18. The van der Waals surface area contributed by atoms with Gasteiger partial charge in [-0.05, 0) is 73.4 Å². The summed E-state index contributed by atoms with van der Waals surface area (Å²) in [6, 6.07) is 29.2. The van der Waals surface area contributed by atoms with Gasteiger partial charge in [0, 0.05) is 28.5 Å². The zero-order chi connectivity index (χ0) is 33.4. The largest absolute Gasteiger partial charge is 0.352 e. The maximum atomic E-state index is 14.7. The molecule has 1 unspecified atom stereocenters. The lowest BCUT2D eigenvalue weighted by molar-refractivity contribution is -0.140.